The molecule has 1 aliphatic carbocycles. The fourth-order valence-corrected chi connectivity index (χ4v) is 0.978. The molecule has 0 spiro atoms. The van der Waals surface area contributed by atoms with Crippen LogP contribution in [-0.2, 0) is 4.79 Å². The summed E-state index contributed by atoms with van der Waals surface area (Å²) in [6.45, 7) is 2.03. The number of carbonyl (C=O) groups is 1. The summed E-state index contributed by atoms with van der Waals surface area (Å²) >= 11 is 0. The molecule has 1 aliphatic rings. The molecule has 1 fully saturated rings. The van der Waals surface area contributed by atoms with Crippen LogP contribution in [0.3, 0.4) is 0 Å². The van der Waals surface area contributed by atoms with Crippen molar-refractivity contribution in [3.05, 3.63) is 0 Å². The van der Waals surface area contributed by atoms with Crippen molar-refractivity contribution in [1.29, 1.82) is 0 Å². The van der Waals surface area contributed by atoms with E-state index >= 15 is 0 Å². The second kappa shape index (κ2) is 3.72. The molecule has 1 rings (SSSR count). The monoisotopic (exact) mass is 156 g/mol. The Hall–Kier alpha value is -0.570. The van der Waals surface area contributed by atoms with Crippen LogP contribution in [0.5, 0.6) is 0 Å². The molecule has 1 atom stereocenters. The summed E-state index contributed by atoms with van der Waals surface area (Å²) in [7, 11) is 0. The van der Waals surface area contributed by atoms with E-state index in [1.807, 2.05) is 6.92 Å². The number of nitrogens with one attached hydrogen (secondary N) is 1. The molecule has 0 aromatic carbocycles. The van der Waals surface area contributed by atoms with Crippen LogP contribution < -0.4 is 11.1 Å². The molecule has 3 heteroatoms. The van der Waals surface area contributed by atoms with Crippen molar-refractivity contribution >= 4 is 5.91 Å². The minimum absolute atomic E-state index is 0.0225. The zero-order valence-corrected chi connectivity index (χ0v) is 6.97. The Kier molecular flexibility index (Phi) is 2.88. The van der Waals surface area contributed by atoms with E-state index in [1.54, 1.807) is 0 Å². The maximum absolute atomic E-state index is 11.1. The fraction of sp³-hybridized carbons (Fsp3) is 0.875. The van der Waals surface area contributed by atoms with E-state index in [2.05, 4.69) is 5.32 Å². The van der Waals surface area contributed by atoms with Gasteiger partial charge in [-0.15, -0.1) is 0 Å². The SMILES string of the molecule is CCC[C@@H](N)C(=O)NC1CC1. The van der Waals surface area contributed by atoms with Crippen LogP contribution in [0.4, 0.5) is 0 Å². The zero-order valence-electron chi connectivity index (χ0n) is 6.97. The number of hydrogen-bond acceptors (Lipinski definition) is 2. The van der Waals surface area contributed by atoms with Crippen molar-refractivity contribution in [3.63, 3.8) is 0 Å². The Bertz CT molecular complexity index is 143. The molecule has 3 N–H and O–H groups in total. The molecule has 0 aromatic rings. The molecule has 11 heavy (non-hydrogen) atoms. The van der Waals surface area contributed by atoms with Gasteiger partial charge in [0.2, 0.25) is 5.91 Å². The average molecular weight is 156 g/mol. The van der Waals surface area contributed by atoms with Gasteiger partial charge in [-0.25, -0.2) is 0 Å². The Morgan fingerprint density at radius 3 is 2.82 bits per heavy atom. The molecule has 0 radical (unpaired) electrons. The normalized spacial score (nSPS) is 19.5. The van der Waals surface area contributed by atoms with Gasteiger partial charge in [-0.05, 0) is 19.3 Å². The average Bonchev–Trinajstić information content (AvgIpc) is 2.72. The quantitative estimate of drug-likeness (QED) is 0.618. The molecule has 0 aromatic heterocycles. The zero-order chi connectivity index (χ0) is 8.27. The fourth-order valence-electron chi connectivity index (χ4n) is 0.978. The van der Waals surface area contributed by atoms with Gasteiger partial charge in [0.05, 0.1) is 6.04 Å². The summed E-state index contributed by atoms with van der Waals surface area (Å²) in [5.74, 6) is 0.0225. The summed E-state index contributed by atoms with van der Waals surface area (Å²) in [4.78, 5) is 11.1. The van der Waals surface area contributed by atoms with Crippen LogP contribution in [0, 0.1) is 0 Å². The molecule has 0 bridgehead atoms. The van der Waals surface area contributed by atoms with Crippen molar-refractivity contribution in [2.45, 2.75) is 44.7 Å². The largest absolute Gasteiger partial charge is 0.352 e. The third-order valence-electron chi connectivity index (χ3n) is 1.86. The Morgan fingerprint density at radius 2 is 2.36 bits per heavy atom. The summed E-state index contributed by atoms with van der Waals surface area (Å²) < 4.78 is 0. The molecule has 64 valence electrons. The standard InChI is InChI=1S/C8H16N2O/c1-2-3-7(9)8(11)10-6-4-5-6/h6-7H,2-5,9H2,1H3,(H,10,11)/t7-/m1/s1. The highest BCUT2D eigenvalue weighted by Gasteiger charge is 2.25. The van der Waals surface area contributed by atoms with Crippen molar-refractivity contribution < 1.29 is 4.79 Å². The maximum atomic E-state index is 11.1. The highest BCUT2D eigenvalue weighted by atomic mass is 16.2. The second-order valence-corrected chi connectivity index (χ2v) is 3.18. The lowest BCUT2D eigenvalue weighted by Gasteiger charge is -2.09. The molecule has 0 saturated heterocycles. The molecule has 1 saturated carbocycles. The number of rotatable bonds is 4. The minimum atomic E-state index is -0.291. The lowest BCUT2D eigenvalue weighted by molar-refractivity contribution is -0.122. The van der Waals surface area contributed by atoms with E-state index in [9.17, 15) is 4.79 Å². The third kappa shape index (κ3) is 2.89. The topological polar surface area (TPSA) is 55.1 Å². The van der Waals surface area contributed by atoms with Crippen molar-refractivity contribution in [2.75, 3.05) is 0 Å². The summed E-state index contributed by atoms with van der Waals surface area (Å²) in [5.41, 5.74) is 5.59. The smallest absolute Gasteiger partial charge is 0.237 e. The first kappa shape index (κ1) is 8.53. The van der Waals surface area contributed by atoms with Crippen LogP contribution >= 0.6 is 0 Å². The van der Waals surface area contributed by atoms with Crippen LogP contribution in [-0.4, -0.2) is 18.0 Å². The van der Waals surface area contributed by atoms with Gasteiger partial charge >= 0.3 is 0 Å². The van der Waals surface area contributed by atoms with E-state index < -0.39 is 0 Å². The highest BCUT2D eigenvalue weighted by molar-refractivity contribution is 5.81. The van der Waals surface area contributed by atoms with Gasteiger partial charge in [-0.3, -0.25) is 4.79 Å². The molecule has 0 heterocycles. The Morgan fingerprint density at radius 1 is 1.73 bits per heavy atom. The van der Waals surface area contributed by atoms with Gasteiger partial charge in [0, 0.05) is 6.04 Å². The molecule has 0 unspecified atom stereocenters. The number of nitrogens with two attached hydrogens (primary N) is 1. The van der Waals surface area contributed by atoms with Gasteiger partial charge in [0.25, 0.3) is 0 Å². The van der Waals surface area contributed by atoms with E-state index in [0.717, 1.165) is 25.7 Å². The minimum Gasteiger partial charge on any atom is -0.352 e. The van der Waals surface area contributed by atoms with E-state index in [4.69, 9.17) is 5.73 Å². The summed E-state index contributed by atoms with van der Waals surface area (Å²) in [5, 5.41) is 2.87. The Balaban J connectivity index is 2.15. The predicted octanol–water partition coefficient (Wildman–Crippen LogP) is 0.392. The molecular formula is C8H16N2O. The van der Waals surface area contributed by atoms with Gasteiger partial charge in [0.1, 0.15) is 0 Å². The summed E-state index contributed by atoms with van der Waals surface area (Å²) in [6.07, 6.45) is 4.02. The van der Waals surface area contributed by atoms with E-state index in [0.29, 0.717) is 6.04 Å². The molecule has 3 nitrogen and oxygen atoms in total. The lowest BCUT2D eigenvalue weighted by Crippen LogP contribution is -2.41. The van der Waals surface area contributed by atoms with E-state index in [-0.39, 0.29) is 11.9 Å². The first-order chi connectivity index (χ1) is 5.24. The maximum Gasteiger partial charge on any atom is 0.237 e. The van der Waals surface area contributed by atoms with E-state index in [1.165, 1.54) is 0 Å². The third-order valence-corrected chi connectivity index (χ3v) is 1.86. The summed E-state index contributed by atoms with van der Waals surface area (Å²) in [6, 6.07) is 0.144. The molecule has 0 aliphatic heterocycles. The predicted molar refractivity (Wildman–Crippen MR) is 44.0 cm³/mol. The second-order valence-electron chi connectivity index (χ2n) is 3.18. The van der Waals surface area contributed by atoms with Gasteiger partial charge in [-0.1, -0.05) is 13.3 Å². The van der Waals surface area contributed by atoms with Crippen LogP contribution in [0.2, 0.25) is 0 Å². The van der Waals surface area contributed by atoms with Crippen molar-refractivity contribution in [2.24, 2.45) is 5.73 Å². The number of carbonyl (C=O) groups excluding carboxylic acids is 1. The van der Waals surface area contributed by atoms with Crippen molar-refractivity contribution in [1.82, 2.24) is 5.32 Å². The number of amides is 1. The van der Waals surface area contributed by atoms with Crippen LogP contribution in [0.1, 0.15) is 32.6 Å². The first-order valence-corrected chi connectivity index (χ1v) is 4.30. The number of hydrogen-bond donors (Lipinski definition) is 2. The van der Waals surface area contributed by atoms with Gasteiger partial charge < -0.3 is 11.1 Å². The van der Waals surface area contributed by atoms with Gasteiger partial charge in [-0.2, -0.15) is 0 Å². The van der Waals surface area contributed by atoms with Crippen LogP contribution in [0.25, 0.3) is 0 Å². The lowest BCUT2D eigenvalue weighted by atomic mass is 10.2. The van der Waals surface area contributed by atoms with Crippen molar-refractivity contribution in [3.8, 4) is 0 Å². The highest BCUT2D eigenvalue weighted by Crippen LogP contribution is 2.18. The first-order valence-electron chi connectivity index (χ1n) is 4.30. The Labute approximate surface area is 67.3 Å². The molecule has 1 amide bonds. The van der Waals surface area contributed by atoms with Crippen LogP contribution in [0.15, 0.2) is 0 Å². The van der Waals surface area contributed by atoms with Gasteiger partial charge in [0.15, 0.2) is 0 Å². The molecular weight excluding hydrogens is 140 g/mol.